The van der Waals surface area contributed by atoms with E-state index in [9.17, 15) is 9.59 Å². The molecule has 8 heteroatoms. The third-order valence-electron chi connectivity index (χ3n) is 4.04. The van der Waals surface area contributed by atoms with Crippen LogP contribution in [0, 0.1) is 13.8 Å². The van der Waals surface area contributed by atoms with Crippen molar-refractivity contribution >= 4 is 11.6 Å². The van der Waals surface area contributed by atoms with Crippen molar-refractivity contribution < 1.29 is 13.6 Å². The second-order valence-corrected chi connectivity index (χ2v) is 6.03. The fourth-order valence-corrected chi connectivity index (χ4v) is 2.66. The molecule has 0 aliphatic carbocycles. The molecule has 3 heterocycles. The maximum Gasteiger partial charge on any atom is 0.290 e. The molecule has 0 saturated carbocycles. The Hall–Kier alpha value is -3.29. The second kappa shape index (κ2) is 6.91. The Balaban J connectivity index is 1.89. The van der Waals surface area contributed by atoms with Gasteiger partial charge < -0.3 is 19.9 Å². The van der Waals surface area contributed by atoms with Gasteiger partial charge in [0.25, 0.3) is 5.56 Å². The summed E-state index contributed by atoms with van der Waals surface area (Å²) < 4.78 is 11.8. The normalized spacial score (nSPS) is 12.1. The molecule has 1 atom stereocenters. The Bertz CT molecular complexity index is 985. The second-order valence-electron chi connectivity index (χ2n) is 6.03. The van der Waals surface area contributed by atoms with E-state index in [1.54, 1.807) is 26.0 Å². The number of nitrogens with zero attached hydrogens (tertiary/aromatic N) is 2. The Morgan fingerprint density at radius 1 is 1.38 bits per heavy atom. The molecule has 0 fully saturated rings. The van der Waals surface area contributed by atoms with E-state index in [-0.39, 0.29) is 18.1 Å². The molecule has 0 spiro atoms. The van der Waals surface area contributed by atoms with E-state index in [2.05, 4.69) is 10.4 Å². The van der Waals surface area contributed by atoms with Crippen LogP contribution in [0.15, 0.2) is 44.2 Å². The van der Waals surface area contributed by atoms with Crippen molar-refractivity contribution in [1.29, 1.82) is 0 Å². The van der Waals surface area contributed by atoms with Gasteiger partial charge in [0.15, 0.2) is 0 Å². The summed E-state index contributed by atoms with van der Waals surface area (Å²) in [6, 6.07) is 5.94. The third kappa shape index (κ3) is 3.39. The van der Waals surface area contributed by atoms with E-state index in [1.165, 1.54) is 12.3 Å². The molecule has 0 aliphatic rings. The van der Waals surface area contributed by atoms with E-state index in [0.29, 0.717) is 17.2 Å². The minimum absolute atomic E-state index is 0.0129. The van der Waals surface area contributed by atoms with Crippen LogP contribution < -0.4 is 16.6 Å². The number of nitrogens with one attached hydrogen (secondary N) is 1. The van der Waals surface area contributed by atoms with Crippen LogP contribution in [0.2, 0.25) is 0 Å². The molecule has 1 amide bonds. The maximum atomic E-state index is 12.4. The van der Waals surface area contributed by atoms with Crippen LogP contribution in [0.5, 0.6) is 0 Å². The van der Waals surface area contributed by atoms with Crippen LogP contribution >= 0.6 is 0 Å². The molecule has 3 aromatic heterocycles. The number of hydrogen-bond donors (Lipinski definition) is 2. The van der Waals surface area contributed by atoms with E-state index in [4.69, 9.17) is 14.6 Å². The van der Waals surface area contributed by atoms with Crippen molar-refractivity contribution in [1.82, 2.24) is 15.1 Å². The lowest BCUT2D eigenvalue weighted by atomic mass is 10.1. The van der Waals surface area contributed by atoms with Crippen LogP contribution in [0.3, 0.4) is 0 Å². The minimum Gasteiger partial charge on any atom is -0.467 e. The number of carbonyl (C=O) groups is 1. The fraction of sp³-hybridized carbons (Fsp3) is 0.278. The maximum absolute atomic E-state index is 12.4. The summed E-state index contributed by atoms with van der Waals surface area (Å²) >= 11 is 0. The SMILES string of the molecule is Cc1cc(-c2cc(N)c(=O)n([C@H](C)C(=O)NCc3ccco3)n2)c(C)o1. The van der Waals surface area contributed by atoms with Gasteiger partial charge in [0.2, 0.25) is 5.91 Å². The zero-order valence-electron chi connectivity index (χ0n) is 14.8. The third-order valence-corrected chi connectivity index (χ3v) is 4.04. The Morgan fingerprint density at radius 3 is 2.77 bits per heavy atom. The number of aromatic nitrogens is 2. The zero-order valence-corrected chi connectivity index (χ0v) is 14.8. The van der Waals surface area contributed by atoms with E-state index >= 15 is 0 Å². The van der Waals surface area contributed by atoms with Gasteiger partial charge in [-0.2, -0.15) is 5.10 Å². The topological polar surface area (TPSA) is 116 Å². The highest BCUT2D eigenvalue weighted by Gasteiger charge is 2.21. The lowest BCUT2D eigenvalue weighted by Crippen LogP contribution is -2.37. The molecule has 0 bridgehead atoms. The summed E-state index contributed by atoms with van der Waals surface area (Å²) in [5, 5.41) is 7.04. The first-order chi connectivity index (χ1) is 12.4. The molecular formula is C18H20N4O4. The summed E-state index contributed by atoms with van der Waals surface area (Å²) in [4.78, 5) is 24.8. The van der Waals surface area contributed by atoms with Gasteiger partial charge in [-0.25, -0.2) is 4.68 Å². The fourth-order valence-electron chi connectivity index (χ4n) is 2.66. The van der Waals surface area contributed by atoms with Gasteiger partial charge in [0, 0.05) is 5.56 Å². The van der Waals surface area contributed by atoms with Crippen LogP contribution in [0.4, 0.5) is 5.69 Å². The number of anilines is 1. The van der Waals surface area contributed by atoms with Crippen molar-refractivity contribution in [2.45, 2.75) is 33.4 Å². The molecule has 8 nitrogen and oxygen atoms in total. The predicted molar refractivity (Wildman–Crippen MR) is 95.4 cm³/mol. The Morgan fingerprint density at radius 2 is 2.15 bits per heavy atom. The van der Waals surface area contributed by atoms with Gasteiger partial charge in [-0.15, -0.1) is 0 Å². The highest BCUT2D eigenvalue weighted by atomic mass is 16.3. The highest BCUT2D eigenvalue weighted by Crippen LogP contribution is 2.25. The van der Waals surface area contributed by atoms with Crippen LogP contribution in [0.25, 0.3) is 11.3 Å². The van der Waals surface area contributed by atoms with Gasteiger partial charge in [0.05, 0.1) is 18.5 Å². The number of nitrogen functional groups attached to an aromatic ring is 1. The lowest BCUT2D eigenvalue weighted by Gasteiger charge is -2.15. The molecule has 3 rings (SSSR count). The number of nitrogens with two attached hydrogens (primary N) is 1. The Kier molecular flexibility index (Phi) is 4.66. The molecule has 0 unspecified atom stereocenters. The lowest BCUT2D eigenvalue weighted by molar-refractivity contribution is -0.124. The van der Waals surface area contributed by atoms with E-state index in [1.807, 2.05) is 13.0 Å². The molecule has 136 valence electrons. The summed E-state index contributed by atoms with van der Waals surface area (Å²) in [7, 11) is 0. The molecule has 3 N–H and O–H groups in total. The van der Waals surface area contributed by atoms with E-state index in [0.717, 1.165) is 16.0 Å². The molecule has 0 aromatic carbocycles. The van der Waals surface area contributed by atoms with Gasteiger partial charge in [0.1, 0.15) is 29.0 Å². The average Bonchev–Trinajstić information content (AvgIpc) is 3.23. The number of furan rings is 2. The van der Waals surface area contributed by atoms with Crippen LogP contribution in [-0.2, 0) is 11.3 Å². The minimum atomic E-state index is -0.840. The zero-order chi connectivity index (χ0) is 18.8. The van der Waals surface area contributed by atoms with E-state index < -0.39 is 11.6 Å². The Labute approximate surface area is 149 Å². The quantitative estimate of drug-likeness (QED) is 0.724. The van der Waals surface area contributed by atoms with Gasteiger partial charge >= 0.3 is 0 Å². The monoisotopic (exact) mass is 356 g/mol. The molecule has 26 heavy (non-hydrogen) atoms. The first-order valence-electron chi connectivity index (χ1n) is 8.13. The molecule has 0 radical (unpaired) electrons. The van der Waals surface area contributed by atoms with Crippen molar-refractivity contribution in [3.63, 3.8) is 0 Å². The van der Waals surface area contributed by atoms with Crippen molar-refractivity contribution in [3.05, 3.63) is 58.2 Å². The molecule has 0 saturated heterocycles. The van der Waals surface area contributed by atoms with Crippen LogP contribution in [0.1, 0.15) is 30.2 Å². The van der Waals surface area contributed by atoms with Gasteiger partial charge in [-0.05, 0) is 45.0 Å². The highest BCUT2D eigenvalue weighted by molar-refractivity contribution is 5.79. The average molecular weight is 356 g/mol. The predicted octanol–water partition coefficient (Wildman–Crippen LogP) is 2.17. The van der Waals surface area contributed by atoms with Crippen molar-refractivity contribution in [2.24, 2.45) is 0 Å². The first kappa shape index (κ1) is 17.5. The molecule has 0 aliphatic heterocycles. The standard InChI is InChI=1S/C18H20N4O4/c1-10-7-14(12(3)26-10)16-8-15(19)18(24)22(21-16)11(2)17(23)20-9-13-5-4-6-25-13/h4-8,11H,9,19H2,1-3H3,(H,20,23)/t11-/m1/s1. The number of aryl methyl sites for hydroxylation is 2. The summed E-state index contributed by atoms with van der Waals surface area (Å²) in [5.74, 6) is 1.63. The summed E-state index contributed by atoms with van der Waals surface area (Å²) in [5.41, 5.74) is 6.55. The molecule has 3 aromatic rings. The number of amides is 1. The molecular weight excluding hydrogens is 336 g/mol. The van der Waals surface area contributed by atoms with Gasteiger partial charge in [-0.1, -0.05) is 0 Å². The van der Waals surface area contributed by atoms with Gasteiger partial charge in [-0.3, -0.25) is 9.59 Å². The number of rotatable bonds is 5. The smallest absolute Gasteiger partial charge is 0.290 e. The summed E-state index contributed by atoms with van der Waals surface area (Å²) in [6.45, 7) is 5.43. The first-order valence-corrected chi connectivity index (χ1v) is 8.13. The summed E-state index contributed by atoms with van der Waals surface area (Å²) in [6.07, 6.45) is 1.52. The number of carbonyl (C=O) groups excluding carboxylic acids is 1. The van der Waals surface area contributed by atoms with Crippen molar-refractivity contribution in [3.8, 4) is 11.3 Å². The number of hydrogen-bond acceptors (Lipinski definition) is 6. The van der Waals surface area contributed by atoms with Crippen molar-refractivity contribution in [2.75, 3.05) is 5.73 Å². The van der Waals surface area contributed by atoms with Crippen LogP contribution in [-0.4, -0.2) is 15.7 Å². The largest absolute Gasteiger partial charge is 0.467 e.